The van der Waals surface area contributed by atoms with Crippen molar-refractivity contribution >= 4 is 5.91 Å². The van der Waals surface area contributed by atoms with Crippen LogP contribution in [-0.2, 0) is 4.79 Å². The van der Waals surface area contributed by atoms with Crippen molar-refractivity contribution in [3.63, 3.8) is 0 Å². The van der Waals surface area contributed by atoms with E-state index in [-0.39, 0.29) is 12.5 Å². The van der Waals surface area contributed by atoms with E-state index >= 15 is 0 Å². The van der Waals surface area contributed by atoms with Gasteiger partial charge in [-0.25, -0.2) is 0 Å². The highest BCUT2D eigenvalue weighted by atomic mass is 16.3. The first-order chi connectivity index (χ1) is 34.2. The molecule has 1 amide bonds. The highest BCUT2D eigenvalue weighted by molar-refractivity contribution is 5.76. The van der Waals surface area contributed by atoms with Crippen LogP contribution in [0.3, 0.4) is 0 Å². The maximum atomic E-state index is 12.5. The molecule has 0 aromatic rings. The summed E-state index contributed by atoms with van der Waals surface area (Å²) >= 11 is 0. The third-order valence-corrected chi connectivity index (χ3v) is 14.9. The van der Waals surface area contributed by atoms with E-state index in [4.69, 9.17) is 0 Å². The molecule has 0 aromatic heterocycles. The number of aliphatic hydroxyl groups is 2. The van der Waals surface area contributed by atoms with Crippen LogP contribution in [0.5, 0.6) is 0 Å². The number of hydrogen-bond donors (Lipinski definition) is 3. The molecule has 3 N–H and O–H groups in total. The third kappa shape index (κ3) is 57.4. The predicted molar refractivity (Wildman–Crippen MR) is 308 cm³/mol. The molecule has 4 nitrogen and oxygen atoms in total. The number of allylic oxidation sites excluding steroid dienone is 5. The lowest BCUT2D eigenvalue weighted by molar-refractivity contribution is -0.123. The summed E-state index contributed by atoms with van der Waals surface area (Å²) in [5, 5.41) is 23.2. The molecule has 0 rings (SSSR count). The molecule has 2 unspecified atom stereocenters. The summed E-state index contributed by atoms with van der Waals surface area (Å²) in [4.78, 5) is 12.5. The highest BCUT2D eigenvalue weighted by Gasteiger charge is 2.18. The Kier molecular flexibility index (Phi) is 59.7. The number of aliphatic hydroxyl groups excluding tert-OH is 2. The van der Waals surface area contributed by atoms with Gasteiger partial charge in [0.1, 0.15) is 0 Å². The van der Waals surface area contributed by atoms with Crippen LogP contribution in [0, 0.1) is 0 Å². The molecule has 0 aliphatic carbocycles. The zero-order valence-corrected chi connectivity index (χ0v) is 47.1. The smallest absolute Gasteiger partial charge is 0.220 e. The number of carbonyl (C=O) groups is 1. The Morgan fingerprint density at radius 2 is 0.565 bits per heavy atom. The van der Waals surface area contributed by atoms with Crippen LogP contribution < -0.4 is 5.32 Å². The van der Waals surface area contributed by atoms with Gasteiger partial charge in [0.2, 0.25) is 5.91 Å². The van der Waals surface area contributed by atoms with Gasteiger partial charge in [-0.1, -0.05) is 339 Å². The van der Waals surface area contributed by atoms with Crippen molar-refractivity contribution in [2.75, 3.05) is 6.61 Å². The van der Waals surface area contributed by atoms with Gasteiger partial charge in [-0.2, -0.15) is 0 Å². The van der Waals surface area contributed by atoms with Crippen molar-refractivity contribution in [1.29, 1.82) is 0 Å². The third-order valence-electron chi connectivity index (χ3n) is 14.9. The van der Waals surface area contributed by atoms with Gasteiger partial charge in [0.05, 0.1) is 18.8 Å². The summed E-state index contributed by atoms with van der Waals surface area (Å²) in [5.41, 5.74) is 0. The van der Waals surface area contributed by atoms with Crippen LogP contribution in [-0.4, -0.2) is 34.9 Å². The molecule has 69 heavy (non-hydrogen) atoms. The molecule has 0 saturated heterocycles. The van der Waals surface area contributed by atoms with Gasteiger partial charge in [0.25, 0.3) is 0 Å². The number of unbranched alkanes of at least 4 members (excludes halogenated alkanes) is 48. The van der Waals surface area contributed by atoms with Crippen molar-refractivity contribution in [2.45, 2.75) is 366 Å². The first kappa shape index (κ1) is 67.6. The minimum absolute atomic E-state index is 0.0704. The Labute approximate surface area is 433 Å². The molecule has 2 atom stereocenters. The van der Waals surface area contributed by atoms with Crippen molar-refractivity contribution in [1.82, 2.24) is 5.32 Å². The lowest BCUT2D eigenvalue weighted by atomic mass is 10.0. The largest absolute Gasteiger partial charge is 0.394 e. The summed E-state index contributed by atoms with van der Waals surface area (Å²) in [6, 6.07) is -0.645. The van der Waals surface area contributed by atoms with Crippen molar-refractivity contribution in [3.05, 3.63) is 36.5 Å². The average Bonchev–Trinajstić information content (AvgIpc) is 3.35. The van der Waals surface area contributed by atoms with Crippen LogP contribution >= 0.6 is 0 Å². The maximum Gasteiger partial charge on any atom is 0.220 e. The van der Waals surface area contributed by atoms with Crippen molar-refractivity contribution in [2.24, 2.45) is 0 Å². The number of nitrogens with one attached hydrogen (secondary N) is 1. The van der Waals surface area contributed by atoms with E-state index in [1.54, 1.807) is 6.08 Å². The normalized spacial score (nSPS) is 12.9. The fourth-order valence-electron chi connectivity index (χ4n) is 10.0. The molecule has 0 radical (unpaired) electrons. The zero-order chi connectivity index (χ0) is 49.9. The second kappa shape index (κ2) is 60.9. The fourth-order valence-corrected chi connectivity index (χ4v) is 10.0. The topological polar surface area (TPSA) is 69.6 Å². The summed E-state index contributed by atoms with van der Waals surface area (Å²) < 4.78 is 0. The maximum absolute atomic E-state index is 12.5. The van der Waals surface area contributed by atoms with Crippen LogP contribution in [0.2, 0.25) is 0 Å². The van der Waals surface area contributed by atoms with Gasteiger partial charge in [-0.05, 0) is 44.9 Å². The molecule has 0 spiro atoms. The molecule has 0 aliphatic heterocycles. The van der Waals surface area contributed by atoms with Gasteiger partial charge in [-0.3, -0.25) is 4.79 Å². The van der Waals surface area contributed by atoms with Gasteiger partial charge in [-0.15, -0.1) is 0 Å². The lowest BCUT2D eigenvalue weighted by Crippen LogP contribution is -2.45. The van der Waals surface area contributed by atoms with Crippen molar-refractivity contribution in [3.8, 4) is 0 Å². The van der Waals surface area contributed by atoms with E-state index in [1.807, 2.05) is 6.08 Å². The SMILES string of the molecule is CCCCCCCCCCCCCCCCCCC/C=C/CC/C=C/CC/C=C/C(O)C(CO)NC(=O)CCCCCCCCCCCCCCCCCCCCCCCCCCCCCCCC. The number of amides is 1. The summed E-state index contributed by atoms with van der Waals surface area (Å²) in [6.07, 6.45) is 83.5. The minimum Gasteiger partial charge on any atom is -0.394 e. The molecule has 0 bridgehead atoms. The van der Waals surface area contributed by atoms with E-state index in [9.17, 15) is 15.0 Å². The molecular weight excluding hydrogens is 843 g/mol. The lowest BCUT2D eigenvalue weighted by Gasteiger charge is -2.19. The fraction of sp³-hybridized carbons (Fsp3) is 0.892. The quantitative estimate of drug-likeness (QED) is 0.0420. The molecule has 0 aromatic carbocycles. The van der Waals surface area contributed by atoms with Crippen LogP contribution in [0.1, 0.15) is 354 Å². The Morgan fingerprint density at radius 3 is 0.841 bits per heavy atom. The molecule has 0 aliphatic rings. The average molecular weight is 969 g/mol. The van der Waals surface area contributed by atoms with Crippen LogP contribution in [0.25, 0.3) is 0 Å². The molecule has 0 saturated carbocycles. The Bertz CT molecular complexity index is 1050. The molecule has 0 heterocycles. The molecule has 0 fully saturated rings. The van der Waals surface area contributed by atoms with Gasteiger partial charge >= 0.3 is 0 Å². The number of carbonyl (C=O) groups excluding carboxylic acids is 1. The second-order valence-electron chi connectivity index (χ2n) is 21.8. The van der Waals surface area contributed by atoms with Crippen molar-refractivity contribution < 1.29 is 15.0 Å². The molecule has 408 valence electrons. The van der Waals surface area contributed by atoms with E-state index < -0.39 is 12.1 Å². The summed E-state index contributed by atoms with van der Waals surface area (Å²) in [6.45, 7) is 4.34. The summed E-state index contributed by atoms with van der Waals surface area (Å²) in [7, 11) is 0. The number of rotatable bonds is 59. The first-order valence-corrected chi connectivity index (χ1v) is 31.7. The molecular formula is C65H125NO3. The van der Waals surface area contributed by atoms with Gasteiger partial charge in [0, 0.05) is 6.42 Å². The monoisotopic (exact) mass is 968 g/mol. The summed E-state index contributed by atoms with van der Waals surface area (Å²) in [5.74, 6) is -0.0704. The highest BCUT2D eigenvalue weighted by Crippen LogP contribution is 2.18. The van der Waals surface area contributed by atoms with E-state index in [2.05, 4.69) is 43.5 Å². The van der Waals surface area contributed by atoms with Gasteiger partial charge in [0.15, 0.2) is 0 Å². The molecule has 4 heteroatoms. The van der Waals surface area contributed by atoms with Gasteiger partial charge < -0.3 is 15.5 Å². The van der Waals surface area contributed by atoms with E-state index in [0.29, 0.717) is 6.42 Å². The van der Waals surface area contributed by atoms with Crippen LogP contribution in [0.4, 0.5) is 0 Å². The second-order valence-corrected chi connectivity index (χ2v) is 21.8. The standard InChI is InChI=1S/C65H125NO3/c1-3-5-7-9-11-13-15-17-19-21-23-25-27-29-31-32-33-35-37-39-41-43-45-47-49-51-53-55-57-59-61-65(69)66-63(62-67)64(68)60-58-56-54-52-50-48-46-44-42-40-38-36-34-30-28-26-24-22-20-18-16-14-12-10-8-6-4-2/h42,44,50,52,58,60,63-64,67-68H,3-41,43,45-49,51,53-57,59,61-62H2,1-2H3,(H,66,69)/b44-42+,52-50+,60-58+. The minimum atomic E-state index is -0.870. The van der Waals surface area contributed by atoms with E-state index in [0.717, 1.165) is 38.5 Å². The first-order valence-electron chi connectivity index (χ1n) is 31.7. The van der Waals surface area contributed by atoms with E-state index in [1.165, 1.54) is 295 Å². The zero-order valence-electron chi connectivity index (χ0n) is 47.1. The Balaban J connectivity index is 3.48. The predicted octanol–water partition coefficient (Wildman–Crippen LogP) is 21.2. The number of hydrogen-bond acceptors (Lipinski definition) is 3. The van der Waals surface area contributed by atoms with Crippen LogP contribution in [0.15, 0.2) is 36.5 Å². The Hall–Kier alpha value is -1.39. The Morgan fingerprint density at radius 1 is 0.333 bits per heavy atom.